The van der Waals surface area contributed by atoms with Gasteiger partial charge in [-0.15, -0.1) is 0 Å². The van der Waals surface area contributed by atoms with Crippen LogP contribution < -0.4 is 9.64 Å². The maximum absolute atomic E-state index is 6.57. The van der Waals surface area contributed by atoms with Crippen molar-refractivity contribution in [2.24, 2.45) is 0 Å². The summed E-state index contributed by atoms with van der Waals surface area (Å²) in [6.45, 7) is 0. The lowest BCUT2D eigenvalue weighted by atomic mass is 9.66. The van der Waals surface area contributed by atoms with Crippen LogP contribution in [0.1, 0.15) is 22.3 Å². The minimum atomic E-state index is -0.496. The lowest BCUT2D eigenvalue weighted by Gasteiger charge is -2.39. The zero-order valence-corrected chi connectivity index (χ0v) is 30.1. The second kappa shape index (κ2) is 12.5. The van der Waals surface area contributed by atoms with Gasteiger partial charge in [0.25, 0.3) is 0 Å². The van der Waals surface area contributed by atoms with Gasteiger partial charge in [-0.3, -0.25) is 0 Å². The highest BCUT2D eigenvalue weighted by atomic mass is 16.5. The van der Waals surface area contributed by atoms with Gasteiger partial charge < -0.3 is 9.64 Å². The van der Waals surface area contributed by atoms with Crippen molar-refractivity contribution in [3.05, 3.63) is 235 Å². The topological polar surface area (TPSA) is 12.5 Å². The number of ether oxygens (including phenoxy) is 1. The van der Waals surface area contributed by atoms with Gasteiger partial charge in [-0.2, -0.15) is 0 Å². The molecule has 2 nitrogen and oxygen atoms in total. The van der Waals surface area contributed by atoms with E-state index in [1.807, 2.05) is 0 Å². The van der Waals surface area contributed by atoms with E-state index in [1.165, 1.54) is 66.4 Å². The summed E-state index contributed by atoms with van der Waals surface area (Å²) in [6, 6.07) is 76.9. The van der Waals surface area contributed by atoms with Crippen LogP contribution in [0.3, 0.4) is 0 Å². The summed E-state index contributed by atoms with van der Waals surface area (Å²) in [6.07, 6.45) is 0. The molecule has 1 spiro atoms. The minimum absolute atomic E-state index is 0.496. The van der Waals surface area contributed by atoms with Crippen molar-refractivity contribution >= 4 is 27.8 Å². The third-order valence-electron chi connectivity index (χ3n) is 11.5. The first-order valence-electron chi connectivity index (χ1n) is 18.9. The van der Waals surface area contributed by atoms with Crippen molar-refractivity contribution in [1.29, 1.82) is 0 Å². The Hall–Kier alpha value is -7.16. The molecular weight excluding hydrogens is 667 g/mol. The summed E-state index contributed by atoms with van der Waals surface area (Å²) in [4.78, 5) is 2.37. The number of fused-ring (bicyclic) bond motifs is 10. The van der Waals surface area contributed by atoms with Crippen LogP contribution in [-0.4, -0.2) is 0 Å². The molecule has 0 saturated carbocycles. The van der Waals surface area contributed by atoms with Crippen molar-refractivity contribution in [2.45, 2.75) is 5.41 Å². The van der Waals surface area contributed by atoms with Gasteiger partial charge in [-0.1, -0.05) is 158 Å². The van der Waals surface area contributed by atoms with Gasteiger partial charge in [0.05, 0.1) is 5.41 Å². The molecular formula is C53H35NO. The molecule has 0 N–H and O–H groups in total. The number of nitrogens with zero attached hydrogens (tertiary/aromatic N) is 1. The molecule has 0 saturated heterocycles. The molecule has 0 bridgehead atoms. The maximum atomic E-state index is 6.57. The molecule has 9 aromatic carbocycles. The van der Waals surface area contributed by atoms with E-state index >= 15 is 0 Å². The quantitative estimate of drug-likeness (QED) is 0.177. The van der Waals surface area contributed by atoms with E-state index in [0.29, 0.717) is 0 Å². The van der Waals surface area contributed by atoms with Crippen LogP contribution >= 0.6 is 0 Å². The molecule has 1 heterocycles. The summed E-state index contributed by atoms with van der Waals surface area (Å²) >= 11 is 0. The number of anilines is 3. The number of hydrogen-bond donors (Lipinski definition) is 0. The summed E-state index contributed by atoms with van der Waals surface area (Å²) in [7, 11) is 0. The molecule has 1 aliphatic carbocycles. The van der Waals surface area contributed by atoms with Gasteiger partial charge in [0, 0.05) is 28.2 Å². The molecule has 2 aliphatic rings. The molecule has 0 unspecified atom stereocenters. The predicted molar refractivity (Wildman–Crippen MR) is 227 cm³/mol. The SMILES string of the molecule is c1ccc(-c2cccc(N(c3ccc(-c4ccc5c(c4)C4(c6ccccc6Oc6ccccc64)c4ccccc4-5)cc3)c3ccc4ccccc4c3)c2)cc1. The summed E-state index contributed by atoms with van der Waals surface area (Å²) < 4.78 is 6.57. The van der Waals surface area contributed by atoms with Crippen molar-refractivity contribution in [3.8, 4) is 44.9 Å². The van der Waals surface area contributed by atoms with Crippen molar-refractivity contribution in [2.75, 3.05) is 4.90 Å². The molecule has 55 heavy (non-hydrogen) atoms. The maximum Gasteiger partial charge on any atom is 0.132 e. The van der Waals surface area contributed by atoms with E-state index in [9.17, 15) is 0 Å². The number of para-hydroxylation sites is 2. The van der Waals surface area contributed by atoms with Crippen LogP contribution in [-0.2, 0) is 5.41 Å². The van der Waals surface area contributed by atoms with Crippen LogP contribution in [0.4, 0.5) is 17.1 Å². The third-order valence-corrected chi connectivity index (χ3v) is 11.5. The average molecular weight is 702 g/mol. The molecule has 11 rings (SSSR count). The Morgan fingerprint density at radius 3 is 1.64 bits per heavy atom. The standard InChI is InChI=1S/C53H35NO/c1-2-13-36(14-3-1)40-17-12-18-43(33-40)54(44-31-27-37-15-4-5-16-39(37)34-44)42-29-25-38(26-30-42)41-28-32-46-45-19-6-7-20-47(45)53(50(46)35-41)48-21-8-10-23-51(48)55-52-24-11-9-22-49(52)53/h1-35H. The molecule has 9 aromatic rings. The zero-order chi connectivity index (χ0) is 36.3. The first kappa shape index (κ1) is 31.4. The monoisotopic (exact) mass is 701 g/mol. The largest absolute Gasteiger partial charge is 0.457 e. The van der Waals surface area contributed by atoms with Crippen LogP contribution in [0.2, 0.25) is 0 Å². The molecule has 0 aromatic heterocycles. The fourth-order valence-corrected chi connectivity index (χ4v) is 9.05. The fraction of sp³-hybridized carbons (Fsp3) is 0.0189. The first-order chi connectivity index (χ1) is 27.3. The van der Waals surface area contributed by atoms with Gasteiger partial charge in [-0.05, 0) is 110 Å². The Bertz CT molecular complexity index is 2860. The van der Waals surface area contributed by atoms with E-state index < -0.39 is 5.41 Å². The Labute approximate surface area is 321 Å². The summed E-state index contributed by atoms with van der Waals surface area (Å²) in [5, 5.41) is 2.44. The predicted octanol–water partition coefficient (Wildman–Crippen LogP) is 14.1. The summed E-state index contributed by atoms with van der Waals surface area (Å²) in [5.41, 5.74) is 15.0. The van der Waals surface area contributed by atoms with Crippen LogP contribution in [0.25, 0.3) is 44.2 Å². The zero-order valence-electron chi connectivity index (χ0n) is 30.1. The van der Waals surface area contributed by atoms with Gasteiger partial charge in [0.1, 0.15) is 11.5 Å². The lowest BCUT2D eigenvalue weighted by molar-refractivity contribution is 0.436. The van der Waals surface area contributed by atoms with Crippen LogP contribution in [0.5, 0.6) is 11.5 Å². The molecule has 2 heteroatoms. The molecule has 258 valence electrons. The highest BCUT2D eigenvalue weighted by Crippen LogP contribution is 2.62. The first-order valence-corrected chi connectivity index (χ1v) is 18.9. The van der Waals surface area contributed by atoms with Crippen molar-refractivity contribution in [1.82, 2.24) is 0 Å². The molecule has 1 aliphatic heterocycles. The Kier molecular flexibility index (Phi) is 7.11. The summed E-state index contributed by atoms with van der Waals surface area (Å²) in [5.74, 6) is 1.81. The highest BCUT2D eigenvalue weighted by Gasteiger charge is 2.51. The smallest absolute Gasteiger partial charge is 0.132 e. The fourth-order valence-electron chi connectivity index (χ4n) is 9.05. The lowest BCUT2D eigenvalue weighted by Crippen LogP contribution is -2.32. The second-order valence-corrected chi connectivity index (χ2v) is 14.5. The van der Waals surface area contributed by atoms with E-state index in [1.54, 1.807) is 0 Å². The van der Waals surface area contributed by atoms with Gasteiger partial charge in [0.15, 0.2) is 0 Å². The number of benzene rings is 9. The van der Waals surface area contributed by atoms with E-state index in [-0.39, 0.29) is 0 Å². The van der Waals surface area contributed by atoms with Crippen LogP contribution in [0.15, 0.2) is 212 Å². The Morgan fingerprint density at radius 2 is 0.855 bits per heavy atom. The van der Waals surface area contributed by atoms with Gasteiger partial charge >= 0.3 is 0 Å². The Balaban J connectivity index is 1.05. The molecule has 0 radical (unpaired) electrons. The third kappa shape index (κ3) is 4.89. The van der Waals surface area contributed by atoms with Gasteiger partial charge in [0.2, 0.25) is 0 Å². The average Bonchev–Trinajstić information content (AvgIpc) is 3.54. The Morgan fingerprint density at radius 1 is 0.309 bits per heavy atom. The molecule has 0 fully saturated rings. The van der Waals surface area contributed by atoms with Crippen LogP contribution in [0, 0.1) is 0 Å². The van der Waals surface area contributed by atoms with E-state index in [0.717, 1.165) is 28.6 Å². The van der Waals surface area contributed by atoms with Gasteiger partial charge in [-0.25, -0.2) is 0 Å². The molecule has 0 amide bonds. The van der Waals surface area contributed by atoms with Crippen molar-refractivity contribution < 1.29 is 4.74 Å². The minimum Gasteiger partial charge on any atom is -0.457 e. The normalized spacial score (nSPS) is 13.0. The number of hydrogen-bond acceptors (Lipinski definition) is 2. The molecule has 0 atom stereocenters. The highest BCUT2D eigenvalue weighted by molar-refractivity contribution is 5.92. The van der Waals surface area contributed by atoms with E-state index in [2.05, 4.69) is 217 Å². The number of rotatable bonds is 5. The van der Waals surface area contributed by atoms with E-state index in [4.69, 9.17) is 4.74 Å². The van der Waals surface area contributed by atoms with Crippen molar-refractivity contribution in [3.63, 3.8) is 0 Å². The second-order valence-electron chi connectivity index (χ2n) is 14.5.